The van der Waals surface area contributed by atoms with Crippen LogP contribution in [0.1, 0.15) is 60.4 Å². The summed E-state index contributed by atoms with van der Waals surface area (Å²) in [6.07, 6.45) is 10.8. The summed E-state index contributed by atoms with van der Waals surface area (Å²) in [5, 5.41) is 6.58. The van der Waals surface area contributed by atoms with Crippen LogP contribution in [0.5, 0.6) is 0 Å². The second-order valence-electron chi connectivity index (χ2n) is 10.0. The van der Waals surface area contributed by atoms with E-state index in [4.69, 9.17) is 0 Å². The predicted octanol–water partition coefficient (Wildman–Crippen LogP) is 4.05. The molecule has 2 aromatic carbocycles. The monoisotopic (exact) mass is 503 g/mol. The summed E-state index contributed by atoms with van der Waals surface area (Å²) in [6, 6.07) is 13.8. The highest BCUT2D eigenvalue weighted by molar-refractivity contribution is 5.97. The highest BCUT2D eigenvalue weighted by Gasteiger charge is 2.37. The number of hydrogen-bond acceptors (Lipinski definition) is 4. The second kappa shape index (κ2) is 11.7. The molecule has 3 aromatic rings. The van der Waals surface area contributed by atoms with Gasteiger partial charge in [-0.1, -0.05) is 12.1 Å². The third-order valence-electron chi connectivity index (χ3n) is 7.37. The topological polar surface area (TPSA) is 79.3 Å². The van der Waals surface area contributed by atoms with Gasteiger partial charge in [-0.25, -0.2) is 9.37 Å². The minimum atomic E-state index is -0.548. The number of carbonyl (C=O) groups excluding carboxylic acids is 2. The molecule has 0 radical (unpaired) electrons. The van der Waals surface area contributed by atoms with Gasteiger partial charge in [-0.2, -0.15) is 0 Å². The Bertz CT molecular complexity index is 1170. The van der Waals surface area contributed by atoms with E-state index in [0.29, 0.717) is 23.9 Å². The van der Waals surface area contributed by atoms with E-state index in [2.05, 4.69) is 15.6 Å². The van der Waals surface area contributed by atoms with Gasteiger partial charge in [0.25, 0.3) is 5.91 Å². The average molecular weight is 504 g/mol. The van der Waals surface area contributed by atoms with Crippen molar-refractivity contribution in [3.05, 3.63) is 84.2 Å². The summed E-state index contributed by atoms with van der Waals surface area (Å²) in [6.45, 7) is 2.27. The van der Waals surface area contributed by atoms with Crippen molar-refractivity contribution < 1.29 is 14.0 Å². The molecule has 8 heteroatoms. The number of halogens is 1. The number of piperidine rings is 1. The van der Waals surface area contributed by atoms with E-state index in [9.17, 15) is 14.0 Å². The van der Waals surface area contributed by atoms with Crippen molar-refractivity contribution in [2.75, 3.05) is 19.6 Å². The standard InChI is InChI=1S/C29H34FN5O2/c30-23-10-6-21(7-11-23)25-19-27(25)32-14-4-5-26(29(37)34-16-2-1-3-17-34)33-28(36)22-8-12-24(13-9-22)35-18-15-31-20-35/h6-13,15,18,20,25-27,32H,1-5,14,16-17,19H2,(H,33,36)/t25-,26-,27+/m0/s1. The molecule has 37 heavy (non-hydrogen) atoms. The molecule has 2 aliphatic rings. The number of nitrogens with zero attached hydrogens (tertiary/aromatic N) is 3. The van der Waals surface area contributed by atoms with Crippen LogP contribution in [0, 0.1) is 5.82 Å². The fourth-order valence-corrected chi connectivity index (χ4v) is 5.12. The molecule has 1 aromatic heterocycles. The molecule has 0 bridgehead atoms. The van der Waals surface area contributed by atoms with Crippen molar-refractivity contribution in [2.24, 2.45) is 0 Å². The molecule has 1 saturated heterocycles. The zero-order valence-corrected chi connectivity index (χ0v) is 21.0. The van der Waals surface area contributed by atoms with Gasteiger partial charge in [0.1, 0.15) is 11.9 Å². The fourth-order valence-electron chi connectivity index (χ4n) is 5.12. The summed E-state index contributed by atoms with van der Waals surface area (Å²) in [5.74, 6) is -0.0244. The van der Waals surface area contributed by atoms with Crippen LogP contribution in [0.2, 0.25) is 0 Å². The van der Waals surface area contributed by atoms with Crippen molar-refractivity contribution in [2.45, 2.75) is 56.5 Å². The lowest BCUT2D eigenvalue weighted by atomic mass is 10.1. The molecular weight excluding hydrogens is 469 g/mol. The van der Waals surface area contributed by atoms with E-state index >= 15 is 0 Å². The number of amides is 2. The number of imidazole rings is 1. The van der Waals surface area contributed by atoms with Crippen LogP contribution >= 0.6 is 0 Å². The van der Waals surface area contributed by atoms with E-state index in [1.54, 1.807) is 24.7 Å². The van der Waals surface area contributed by atoms with Crippen molar-refractivity contribution in [1.29, 1.82) is 0 Å². The Kier molecular flexibility index (Phi) is 7.94. The number of aromatic nitrogens is 2. The Labute approximate surface area is 217 Å². The quantitative estimate of drug-likeness (QED) is 0.409. The van der Waals surface area contributed by atoms with Crippen LogP contribution in [0.15, 0.2) is 67.3 Å². The molecule has 2 heterocycles. The van der Waals surface area contributed by atoms with E-state index in [-0.39, 0.29) is 17.6 Å². The zero-order valence-electron chi connectivity index (χ0n) is 21.0. The van der Waals surface area contributed by atoms with Gasteiger partial charge >= 0.3 is 0 Å². The van der Waals surface area contributed by atoms with Crippen LogP contribution < -0.4 is 10.6 Å². The number of likely N-dealkylation sites (tertiary alicyclic amines) is 1. The molecule has 1 aliphatic carbocycles. The van der Waals surface area contributed by atoms with Gasteiger partial charge in [0, 0.05) is 48.7 Å². The van der Waals surface area contributed by atoms with E-state index in [0.717, 1.165) is 63.0 Å². The van der Waals surface area contributed by atoms with Gasteiger partial charge in [0.2, 0.25) is 5.91 Å². The van der Waals surface area contributed by atoms with Gasteiger partial charge in [0.05, 0.1) is 6.33 Å². The first-order valence-corrected chi connectivity index (χ1v) is 13.3. The van der Waals surface area contributed by atoms with Gasteiger partial charge in [0.15, 0.2) is 0 Å². The lowest BCUT2D eigenvalue weighted by molar-refractivity contribution is -0.134. The molecule has 0 spiro atoms. The van der Waals surface area contributed by atoms with E-state index in [1.807, 2.05) is 39.9 Å². The summed E-state index contributed by atoms with van der Waals surface area (Å²) >= 11 is 0. The van der Waals surface area contributed by atoms with E-state index in [1.165, 1.54) is 12.1 Å². The Balaban J connectivity index is 1.16. The molecule has 2 fully saturated rings. The molecule has 5 rings (SSSR count). The van der Waals surface area contributed by atoms with Crippen LogP contribution in [0.25, 0.3) is 5.69 Å². The lowest BCUT2D eigenvalue weighted by Crippen LogP contribution is -2.50. The summed E-state index contributed by atoms with van der Waals surface area (Å²) in [4.78, 5) is 32.4. The number of nitrogens with one attached hydrogen (secondary N) is 2. The van der Waals surface area contributed by atoms with E-state index < -0.39 is 6.04 Å². The maximum Gasteiger partial charge on any atom is 0.251 e. The molecule has 194 valence electrons. The third kappa shape index (κ3) is 6.43. The second-order valence-corrected chi connectivity index (χ2v) is 10.0. The van der Waals surface area contributed by atoms with Crippen molar-refractivity contribution in [1.82, 2.24) is 25.1 Å². The van der Waals surface area contributed by atoms with Crippen LogP contribution in [-0.4, -0.2) is 58.0 Å². The van der Waals surface area contributed by atoms with Crippen LogP contribution in [0.3, 0.4) is 0 Å². The molecule has 0 unspecified atom stereocenters. The molecule has 7 nitrogen and oxygen atoms in total. The minimum absolute atomic E-state index is 0.0127. The maximum absolute atomic E-state index is 13.3. The first kappa shape index (κ1) is 25.1. The van der Waals surface area contributed by atoms with Crippen molar-refractivity contribution in [3.8, 4) is 5.69 Å². The Morgan fingerprint density at radius 2 is 1.78 bits per heavy atom. The van der Waals surface area contributed by atoms with Crippen LogP contribution in [-0.2, 0) is 4.79 Å². The maximum atomic E-state index is 13.3. The Morgan fingerprint density at radius 1 is 1.03 bits per heavy atom. The van der Waals surface area contributed by atoms with Gasteiger partial charge in [-0.05, 0) is 87.0 Å². The number of rotatable bonds is 10. The normalized spacial score (nSPS) is 19.9. The molecule has 2 N–H and O–H groups in total. The first-order chi connectivity index (χ1) is 18.1. The zero-order chi connectivity index (χ0) is 25.6. The summed E-state index contributed by atoms with van der Waals surface area (Å²) in [7, 11) is 0. The predicted molar refractivity (Wildman–Crippen MR) is 140 cm³/mol. The highest BCUT2D eigenvalue weighted by Crippen LogP contribution is 2.40. The Morgan fingerprint density at radius 3 is 2.49 bits per heavy atom. The number of carbonyl (C=O) groups is 2. The molecule has 1 aliphatic heterocycles. The third-order valence-corrected chi connectivity index (χ3v) is 7.37. The Hall–Kier alpha value is -3.52. The fraction of sp³-hybridized carbons (Fsp3) is 0.414. The molecule has 3 atom stereocenters. The largest absolute Gasteiger partial charge is 0.341 e. The van der Waals surface area contributed by atoms with Crippen molar-refractivity contribution in [3.63, 3.8) is 0 Å². The lowest BCUT2D eigenvalue weighted by Gasteiger charge is -2.31. The van der Waals surface area contributed by atoms with Crippen molar-refractivity contribution >= 4 is 11.8 Å². The van der Waals surface area contributed by atoms with Gasteiger partial charge < -0.3 is 20.1 Å². The van der Waals surface area contributed by atoms with Crippen LogP contribution in [0.4, 0.5) is 4.39 Å². The number of hydrogen-bond donors (Lipinski definition) is 2. The average Bonchev–Trinajstić information content (AvgIpc) is 3.49. The van der Waals surface area contributed by atoms with Gasteiger partial charge in [-0.3, -0.25) is 9.59 Å². The summed E-state index contributed by atoms with van der Waals surface area (Å²) in [5.41, 5.74) is 2.60. The summed E-state index contributed by atoms with van der Waals surface area (Å²) < 4.78 is 15.1. The molecule has 2 amide bonds. The number of benzene rings is 2. The molecule has 1 saturated carbocycles. The smallest absolute Gasteiger partial charge is 0.251 e. The highest BCUT2D eigenvalue weighted by atomic mass is 19.1. The minimum Gasteiger partial charge on any atom is -0.341 e. The molecular formula is C29H34FN5O2. The van der Waals surface area contributed by atoms with Gasteiger partial charge in [-0.15, -0.1) is 0 Å². The first-order valence-electron chi connectivity index (χ1n) is 13.3. The SMILES string of the molecule is O=C(N[C@@H](CCCN[C@@H]1C[C@H]1c1ccc(F)cc1)C(=O)N1CCCCC1)c1ccc(-n2ccnc2)cc1.